The SMILES string of the molecule is COc1ccc2c3c1O[C@H]1C(OC(=O)[C@@H](O)CC(=O)O[C@@H](C)C(=O)N[C@@H](CC(=O)O)C(=O)O)=CC[C@@]4(O)[C@@H](C2)N(C)CC[C@]314. The smallest absolute Gasteiger partial charge is 0.340 e. The molecule has 238 valence electrons. The predicted octanol–water partition coefficient (Wildman–Crippen LogP) is -0.757. The number of carbonyl (C=O) groups is 5. The molecule has 5 N–H and O–H groups in total. The lowest BCUT2D eigenvalue weighted by molar-refractivity contribution is -0.173. The van der Waals surface area contributed by atoms with Gasteiger partial charge in [-0.15, -0.1) is 0 Å². The first kappa shape index (κ1) is 31.2. The number of likely N-dealkylation sites (N-methyl/N-ethyl adjacent to an activating group) is 1. The van der Waals surface area contributed by atoms with Crippen molar-refractivity contribution >= 4 is 29.8 Å². The van der Waals surface area contributed by atoms with Gasteiger partial charge in [0.2, 0.25) is 0 Å². The maximum absolute atomic E-state index is 13.0. The van der Waals surface area contributed by atoms with E-state index in [9.17, 15) is 34.2 Å². The summed E-state index contributed by atoms with van der Waals surface area (Å²) in [7, 11) is 3.46. The first-order valence-corrected chi connectivity index (χ1v) is 14.1. The van der Waals surface area contributed by atoms with Gasteiger partial charge < -0.3 is 49.6 Å². The van der Waals surface area contributed by atoms with Crippen molar-refractivity contribution in [2.24, 2.45) is 0 Å². The fraction of sp³-hybridized carbons (Fsp3) is 0.552. The summed E-state index contributed by atoms with van der Waals surface area (Å²) in [6.07, 6.45) is -3.48. The Balaban J connectivity index is 1.28. The lowest BCUT2D eigenvalue weighted by Crippen LogP contribution is -2.74. The Hall–Kier alpha value is -4.21. The van der Waals surface area contributed by atoms with E-state index in [4.69, 9.17) is 29.2 Å². The standard InChI is InChI=1S/C29H34N2O13/c1-13(25(36)30-15(26(37)38)11-20(33)34)42-21(35)12-16(32)27(39)43-18-6-7-29(40)19-10-14-4-5-17(41-3)23-22(14)28(29,24(18)44-23)8-9-31(19)2/h4-6,13,15-16,19,24,32,40H,7-12H2,1-3H3,(H,30,36)(H,33,34)(H,37,38)/t13-,15-,16-,19+,24-,28-,29+/m0/s1. The van der Waals surface area contributed by atoms with Crippen molar-refractivity contribution in [1.29, 1.82) is 0 Å². The van der Waals surface area contributed by atoms with Crippen LogP contribution in [0.1, 0.15) is 43.7 Å². The molecule has 1 amide bonds. The average molecular weight is 619 g/mol. The molecule has 15 nitrogen and oxygen atoms in total. The highest BCUT2D eigenvalue weighted by atomic mass is 16.6. The molecule has 7 atom stereocenters. The van der Waals surface area contributed by atoms with Gasteiger partial charge in [-0.3, -0.25) is 14.4 Å². The molecule has 15 heteroatoms. The van der Waals surface area contributed by atoms with E-state index in [1.807, 2.05) is 18.4 Å². The second kappa shape index (κ2) is 11.4. The molecule has 2 aliphatic heterocycles. The summed E-state index contributed by atoms with van der Waals surface area (Å²) in [5, 5.41) is 42.6. The van der Waals surface area contributed by atoms with Gasteiger partial charge in [0.1, 0.15) is 11.8 Å². The van der Waals surface area contributed by atoms with Crippen molar-refractivity contribution < 1.29 is 63.3 Å². The van der Waals surface area contributed by atoms with Crippen LogP contribution in [-0.4, -0.2) is 112 Å². The summed E-state index contributed by atoms with van der Waals surface area (Å²) in [6.45, 7) is 1.76. The molecule has 2 bridgehead atoms. The van der Waals surface area contributed by atoms with Crippen molar-refractivity contribution in [3.63, 3.8) is 0 Å². The summed E-state index contributed by atoms with van der Waals surface area (Å²) >= 11 is 0. The number of rotatable bonds is 11. The molecule has 1 aromatic rings. The average Bonchev–Trinajstić information content (AvgIpc) is 3.31. The van der Waals surface area contributed by atoms with Crippen molar-refractivity contribution in [2.45, 2.75) is 80.4 Å². The number of piperidine rings is 1. The zero-order valence-corrected chi connectivity index (χ0v) is 24.3. The Labute approximate surface area is 251 Å². The van der Waals surface area contributed by atoms with Crippen molar-refractivity contribution in [3.8, 4) is 11.5 Å². The van der Waals surface area contributed by atoms with Crippen LogP contribution >= 0.6 is 0 Å². The van der Waals surface area contributed by atoms with Crippen molar-refractivity contribution in [2.75, 3.05) is 20.7 Å². The van der Waals surface area contributed by atoms with E-state index < -0.39 is 78.0 Å². The van der Waals surface area contributed by atoms with Gasteiger partial charge in [-0.05, 0) is 51.1 Å². The molecule has 0 radical (unpaired) electrons. The maximum Gasteiger partial charge on any atom is 0.340 e. The molecular weight excluding hydrogens is 584 g/mol. The molecule has 0 unspecified atom stereocenters. The van der Waals surface area contributed by atoms with Gasteiger partial charge in [-0.2, -0.15) is 0 Å². The first-order valence-electron chi connectivity index (χ1n) is 14.1. The van der Waals surface area contributed by atoms with Crippen LogP contribution in [0.5, 0.6) is 11.5 Å². The molecule has 4 aliphatic rings. The number of likely N-dealkylation sites (tertiary alicyclic amines) is 1. The number of carboxylic acid groups (broad SMARTS) is 2. The van der Waals surface area contributed by atoms with Gasteiger partial charge in [-0.25, -0.2) is 9.59 Å². The van der Waals surface area contributed by atoms with Crippen molar-refractivity contribution in [3.05, 3.63) is 35.1 Å². The number of amides is 1. The number of hydrogen-bond acceptors (Lipinski definition) is 12. The number of methoxy groups -OCH3 is 1. The van der Waals surface area contributed by atoms with Gasteiger partial charge in [0, 0.05) is 18.0 Å². The fourth-order valence-corrected chi connectivity index (χ4v) is 6.98. The molecule has 44 heavy (non-hydrogen) atoms. The van der Waals surface area contributed by atoms with Crippen LogP contribution in [0.2, 0.25) is 0 Å². The number of hydrogen-bond donors (Lipinski definition) is 5. The zero-order valence-electron chi connectivity index (χ0n) is 24.3. The Bertz CT molecular complexity index is 1440. The summed E-state index contributed by atoms with van der Waals surface area (Å²) in [5.74, 6) is -5.50. The minimum absolute atomic E-state index is 0.0763. The third kappa shape index (κ3) is 4.94. The lowest BCUT2D eigenvalue weighted by Gasteiger charge is -2.61. The zero-order chi connectivity index (χ0) is 32.1. The predicted molar refractivity (Wildman–Crippen MR) is 146 cm³/mol. The van der Waals surface area contributed by atoms with E-state index in [1.54, 1.807) is 12.1 Å². The lowest BCUT2D eigenvalue weighted by atomic mass is 9.50. The summed E-state index contributed by atoms with van der Waals surface area (Å²) in [4.78, 5) is 61.7. The highest BCUT2D eigenvalue weighted by Crippen LogP contribution is 2.65. The first-order chi connectivity index (χ1) is 20.7. The van der Waals surface area contributed by atoms with Gasteiger partial charge in [0.25, 0.3) is 5.91 Å². The quantitative estimate of drug-likeness (QED) is 0.193. The molecule has 0 aromatic heterocycles. The largest absolute Gasteiger partial charge is 0.493 e. The summed E-state index contributed by atoms with van der Waals surface area (Å²) in [6, 6.07) is 1.76. The van der Waals surface area contributed by atoms with Crippen LogP contribution in [0, 0.1) is 0 Å². The topological polar surface area (TPSA) is 218 Å². The van der Waals surface area contributed by atoms with Gasteiger partial charge in [0.15, 0.2) is 29.8 Å². The fourth-order valence-electron chi connectivity index (χ4n) is 6.98. The summed E-state index contributed by atoms with van der Waals surface area (Å²) in [5.41, 5.74) is -0.377. The van der Waals surface area contributed by atoms with E-state index in [2.05, 4.69) is 4.90 Å². The van der Waals surface area contributed by atoms with Crippen LogP contribution in [0.4, 0.5) is 0 Å². The Kier molecular flexibility index (Phi) is 8.07. The van der Waals surface area contributed by atoms with Gasteiger partial charge in [-0.1, -0.05) is 6.07 Å². The molecular formula is C29H34N2O13. The van der Waals surface area contributed by atoms with E-state index in [-0.39, 0.29) is 18.2 Å². The Morgan fingerprint density at radius 2 is 1.91 bits per heavy atom. The van der Waals surface area contributed by atoms with Crippen LogP contribution in [0.3, 0.4) is 0 Å². The van der Waals surface area contributed by atoms with Crippen LogP contribution in [-0.2, 0) is 45.3 Å². The normalized spacial score (nSPS) is 28.2. The van der Waals surface area contributed by atoms with Crippen molar-refractivity contribution in [1.82, 2.24) is 10.2 Å². The number of carboxylic acids is 2. The summed E-state index contributed by atoms with van der Waals surface area (Å²) < 4.78 is 22.4. The number of ether oxygens (including phenoxy) is 4. The molecule has 1 spiro atoms. The highest BCUT2D eigenvalue weighted by molar-refractivity contribution is 5.90. The monoisotopic (exact) mass is 618 g/mol. The third-order valence-corrected chi connectivity index (χ3v) is 9.08. The number of nitrogens with zero attached hydrogens (tertiary/aromatic N) is 1. The molecule has 2 aliphatic carbocycles. The maximum atomic E-state index is 13.0. The second-order valence-corrected chi connectivity index (χ2v) is 11.6. The van der Waals surface area contributed by atoms with E-state index in [0.717, 1.165) is 18.1 Å². The number of carbonyl (C=O) groups excluding carboxylic acids is 3. The van der Waals surface area contributed by atoms with Gasteiger partial charge >= 0.3 is 23.9 Å². The Morgan fingerprint density at radius 1 is 1.18 bits per heavy atom. The number of aliphatic hydroxyl groups excluding tert-OH is 1. The molecule has 1 saturated heterocycles. The highest BCUT2D eigenvalue weighted by Gasteiger charge is 2.72. The number of nitrogens with one attached hydrogen (secondary N) is 1. The minimum Gasteiger partial charge on any atom is -0.493 e. The van der Waals surface area contributed by atoms with Crippen LogP contribution in [0.15, 0.2) is 24.0 Å². The van der Waals surface area contributed by atoms with Crippen LogP contribution in [0.25, 0.3) is 0 Å². The third-order valence-electron chi connectivity index (χ3n) is 9.08. The second-order valence-electron chi connectivity index (χ2n) is 11.6. The van der Waals surface area contributed by atoms with Crippen LogP contribution < -0.4 is 14.8 Å². The molecule has 1 fully saturated rings. The molecule has 5 rings (SSSR count). The number of aliphatic hydroxyl groups is 2. The minimum atomic E-state index is -2.00. The van der Waals surface area contributed by atoms with E-state index in [0.29, 0.717) is 30.9 Å². The van der Waals surface area contributed by atoms with E-state index >= 15 is 0 Å². The number of esters is 2. The van der Waals surface area contributed by atoms with E-state index in [1.165, 1.54) is 7.11 Å². The van der Waals surface area contributed by atoms with Gasteiger partial charge in [0.05, 0.1) is 31.0 Å². The molecule has 2 heterocycles. The number of benzene rings is 1. The number of aliphatic carboxylic acids is 2. The molecule has 0 saturated carbocycles. The Morgan fingerprint density at radius 3 is 2.57 bits per heavy atom. The molecule has 1 aromatic carbocycles.